The number of benzene rings is 2. The Kier molecular flexibility index (Phi) is 5.45. The molecule has 0 bridgehead atoms. The van der Waals surface area contributed by atoms with Gasteiger partial charge in [-0.2, -0.15) is 0 Å². The summed E-state index contributed by atoms with van der Waals surface area (Å²) in [5, 5.41) is 22.6. The van der Waals surface area contributed by atoms with Gasteiger partial charge in [0.1, 0.15) is 15.6 Å². The van der Waals surface area contributed by atoms with E-state index in [1.165, 1.54) is 11.3 Å². The summed E-state index contributed by atoms with van der Waals surface area (Å²) in [4.78, 5) is 11.6. The predicted molar refractivity (Wildman–Crippen MR) is 139 cm³/mol. The first-order valence-electron chi connectivity index (χ1n) is 11.7. The first-order chi connectivity index (χ1) is 16.7. The van der Waals surface area contributed by atoms with E-state index in [1.54, 1.807) is 17.5 Å². The Hall–Kier alpha value is -2.46. The Labute approximate surface area is 212 Å². The van der Waals surface area contributed by atoms with Crippen LogP contribution in [0.4, 0.5) is 0 Å². The number of rotatable bonds is 5. The van der Waals surface area contributed by atoms with Crippen LogP contribution in [0.1, 0.15) is 36.8 Å². The van der Waals surface area contributed by atoms with Crippen molar-refractivity contribution >= 4 is 22.7 Å². The van der Waals surface area contributed by atoms with Gasteiger partial charge in [0, 0.05) is 30.3 Å². The highest BCUT2D eigenvalue weighted by Crippen LogP contribution is 2.47. The van der Waals surface area contributed by atoms with E-state index in [-0.39, 0.29) is 6.61 Å². The van der Waals surface area contributed by atoms with Gasteiger partial charge in [-0.25, -0.2) is 9.97 Å². The van der Waals surface area contributed by atoms with Crippen LogP contribution in [0.2, 0.25) is 0 Å². The zero-order valence-electron chi connectivity index (χ0n) is 19.4. The maximum atomic E-state index is 10.9. The van der Waals surface area contributed by atoms with Gasteiger partial charge in [-0.15, -0.1) is 22.7 Å². The molecule has 4 aromatic rings. The minimum Gasteiger partial charge on any atom is -0.390 e. The summed E-state index contributed by atoms with van der Waals surface area (Å²) in [7, 11) is 0. The molecule has 1 unspecified atom stereocenters. The maximum Gasteiger partial charge on any atom is 0.141 e. The van der Waals surface area contributed by atoms with Gasteiger partial charge in [0.25, 0.3) is 0 Å². The summed E-state index contributed by atoms with van der Waals surface area (Å²) in [6.45, 7) is 2.66. The molecule has 1 aliphatic carbocycles. The van der Waals surface area contributed by atoms with Crippen LogP contribution in [0.3, 0.4) is 0 Å². The van der Waals surface area contributed by atoms with Crippen molar-refractivity contribution in [3.8, 4) is 31.6 Å². The number of thiazole rings is 2. The molecule has 6 nitrogen and oxygen atoms in total. The van der Waals surface area contributed by atoms with E-state index in [9.17, 15) is 10.2 Å². The number of nitrogens with two attached hydrogens (primary N) is 1. The van der Waals surface area contributed by atoms with Crippen LogP contribution in [0.5, 0.6) is 0 Å². The van der Waals surface area contributed by atoms with E-state index in [4.69, 9.17) is 15.5 Å². The summed E-state index contributed by atoms with van der Waals surface area (Å²) >= 11 is 3.11. The maximum absolute atomic E-state index is 10.9. The third-order valence-electron chi connectivity index (χ3n) is 6.90. The van der Waals surface area contributed by atoms with Gasteiger partial charge in [0.05, 0.1) is 27.7 Å². The van der Waals surface area contributed by atoms with Crippen LogP contribution < -0.4 is 5.73 Å². The Morgan fingerprint density at radius 3 is 2.37 bits per heavy atom. The second-order valence-electron chi connectivity index (χ2n) is 10.0. The molecule has 2 aromatic carbocycles. The Balaban J connectivity index is 1.37. The van der Waals surface area contributed by atoms with Gasteiger partial charge in [0.2, 0.25) is 0 Å². The number of hydrogen-bond donors (Lipinski definition) is 3. The van der Waals surface area contributed by atoms with Crippen molar-refractivity contribution in [3.05, 3.63) is 71.4 Å². The third-order valence-corrected chi connectivity index (χ3v) is 9.37. The lowest BCUT2D eigenvalue weighted by Crippen LogP contribution is -2.58. The highest BCUT2D eigenvalue weighted by atomic mass is 32.1. The average Bonchev–Trinajstić information content (AvgIpc) is 3.58. The Bertz CT molecular complexity index is 1350. The minimum absolute atomic E-state index is 0.281. The molecule has 35 heavy (non-hydrogen) atoms. The molecule has 1 atom stereocenters. The van der Waals surface area contributed by atoms with E-state index in [1.807, 2.05) is 25.1 Å². The highest BCUT2D eigenvalue weighted by Gasteiger charge is 2.49. The van der Waals surface area contributed by atoms with Crippen molar-refractivity contribution in [3.63, 3.8) is 0 Å². The van der Waals surface area contributed by atoms with Gasteiger partial charge < -0.3 is 20.7 Å². The SMILES string of the molecule is C[C@]1(O)C[C@@](N)(c2ccc(-c3nc(-c4cnc(C5(O)CCOC5)s4)sc3-c3ccccc3)cc2)C1. The lowest BCUT2D eigenvalue weighted by atomic mass is 9.63. The van der Waals surface area contributed by atoms with Crippen LogP contribution in [-0.2, 0) is 15.9 Å². The summed E-state index contributed by atoms with van der Waals surface area (Å²) in [6, 6.07) is 18.5. The molecule has 2 aromatic heterocycles. The molecule has 4 N–H and O–H groups in total. The first-order valence-corrected chi connectivity index (χ1v) is 13.3. The molecule has 1 saturated carbocycles. The van der Waals surface area contributed by atoms with Gasteiger partial charge in [-0.1, -0.05) is 54.6 Å². The van der Waals surface area contributed by atoms with Gasteiger partial charge in [-0.3, -0.25) is 0 Å². The van der Waals surface area contributed by atoms with Crippen molar-refractivity contribution in [2.75, 3.05) is 13.2 Å². The van der Waals surface area contributed by atoms with Gasteiger partial charge in [-0.05, 0) is 30.9 Å². The summed E-state index contributed by atoms with van der Waals surface area (Å²) in [5.74, 6) is 0. The lowest BCUT2D eigenvalue weighted by Gasteiger charge is -2.49. The third kappa shape index (κ3) is 4.14. The summed E-state index contributed by atoms with van der Waals surface area (Å²) < 4.78 is 5.41. The standard InChI is InChI=1S/C27H27N3O3S2/c1-25(31)14-26(28,15-25)19-9-7-17(8-10-19)21-22(18-5-3-2-4-6-18)35-23(30-21)20-13-29-24(34-20)27(32)11-12-33-16-27/h2-10,13,31-32H,11-12,14-16,28H2,1H3/t25-,26-,27?. The average molecular weight is 506 g/mol. The second kappa shape index (κ2) is 8.30. The normalized spacial score (nSPS) is 28.2. The zero-order valence-corrected chi connectivity index (χ0v) is 21.0. The number of aromatic nitrogens is 2. The molecular weight excluding hydrogens is 478 g/mol. The van der Waals surface area contributed by atoms with E-state index < -0.39 is 16.7 Å². The van der Waals surface area contributed by atoms with Crippen molar-refractivity contribution < 1.29 is 14.9 Å². The minimum atomic E-state index is -1.01. The van der Waals surface area contributed by atoms with E-state index >= 15 is 0 Å². The molecule has 0 radical (unpaired) electrons. The molecule has 8 heteroatoms. The van der Waals surface area contributed by atoms with E-state index in [2.05, 4.69) is 41.4 Å². The van der Waals surface area contributed by atoms with Crippen molar-refractivity contribution in [2.24, 2.45) is 5.73 Å². The summed E-state index contributed by atoms with van der Waals surface area (Å²) in [6.07, 6.45) is 3.47. The van der Waals surface area contributed by atoms with Crippen molar-refractivity contribution in [2.45, 2.75) is 42.9 Å². The molecule has 6 rings (SSSR count). The van der Waals surface area contributed by atoms with Crippen LogP contribution in [0.25, 0.3) is 31.6 Å². The fraction of sp³-hybridized carbons (Fsp3) is 0.333. The Morgan fingerprint density at radius 1 is 0.971 bits per heavy atom. The first kappa shape index (κ1) is 23.0. The monoisotopic (exact) mass is 505 g/mol. The van der Waals surface area contributed by atoms with Crippen LogP contribution in [-0.4, -0.2) is 39.0 Å². The van der Waals surface area contributed by atoms with Crippen LogP contribution in [0, 0.1) is 0 Å². The number of ether oxygens (including phenoxy) is 1. The van der Waals surface area contributed by atoms with Gasteiger partial charge >= 0.3 is 0 Å². The van der Waals surface area contributed by atoms with E-state index in [0.29, 0.717) is 30.9 Å². The number of nitrogens with zero attached hydrogens (tertiary/aromatic N) is 2. The predicted octanol–water partition coefficient (Wildman–Crippen LogP) is 4.91. The molecule has 1 aliphatic heterocycles. The smallest absolute Gasteiger partial charge is 0.141 e. The number of aliphatic hydroxyl groups is 2. The molecule has 2 fully saturated rings. The van der Waals surface area contributed by atoms with Crippen LogP contribution >= 0.6 is 22.7 Å². The highest BCUT2D eigenvalue weighted by molar-refractivity contribution is 7.23. The van der Waals surface area contributed by atoms with Crippen molar-refractivity contribution in [1.29, 1.82) is 0 Å². The number of hydrogen-bond acceptors (Lipinski definition) is 8. The van der Waals surface area contributed by atoms with Gasteiger partial charge in [0.15, 0.2) is 0 Å². The molecule has 3 heterocycles. The van der Waals surface area contributed by atoms with E-state index in [0.717, 1.165) is 37.1 Å². The zero-order chi connectivity index (χ0) is 24.3. The molecule has 1 saturated heterocycles. The lowest BCUT2D eigenvalue weighted by molar-refractivity contribution is -0.0738. The molecular formula is C27H27N3O3S2. The summed E-state index contributed by atoms with van der Waals surface area (Å²) in [5.41, 5.74) is 8.42. The Morgan fingerprint density at radius 2 is 1.71 bits per heavy atom. The molecule has 2 aliphatic rings. The quantitative estimate of drug-likeness (QED) is 0.356. The topological polar surface area (TPSA) is 101 Å². The fourth-order valence-electron chi connectivity index (χ4n) is 5.19. The molecule has 180 valence electrons. The van der Waals surface area contributed by atoms with Crippen molar-refractivity contribution in [1.82, 2.24) is 9.97 Å². The molecule has 0 amide bonds. The van der Waals surface area contributed by atoms with Crippen LogP contribution in [0.15, 0.2) is 60.8 Å². The second-order valence-corrected chi connectivity index (χ2v) is 12.0. The molecule has 0 spiro atoms. The fourth-order valence-corrected chi connectivity index (χ4v) is 7.34. The largest absolute Gasteiger partial charge is 0.390 e.